The van der Waals surface area contributed by atoms with Gasteiger partial charge in [-0.25, -0.2) is 4.79 Å². The lowest BCUT2D eigenvalue weighted by Gasteiger charge is -2.02. The third-order valence-corrected chi connectivity index (χ3v) is 2.86. The average molecular weight is 316 g/mol. The first-order chi connectivity index (χ1) is 9.93. The van der Waals surface area contributed by atoms with Crippen LogP contribution in [-0.2, 0) is 9.53 Å². The number of esters is 1. The molecule has 0 unspecified atom stereocenters. The van der Waals surface area contributed by atoms with E-state index in [9.17, 15) is 18.7 Å². The quantitative estimate of drug-likeness (QED) is 0.277. The zero-order chi connectivity index (χ0) is 15.8. The molecular formula is C13H14F2N2O3S. The normalized spacial score (nSPS) is 12.6. The van der Waals surface area contributed by atoms with Crippen molar-refractivity contribution in [2.24, 2.45) is 10.2 Å². The molecule has 114 valence electrons. The van der Waals surface area contributed by atoms with Crippen LogP contribution in [0, 0.1) is 0 Å². The first-order valence-corrected chi connectivity index (χ1v) is 6.85. The highest BCUT2D eigenvalue weighted by Gasteiger charge is 2.13. The molecule has 0 aliphatic rings. The van der Waals surface area contributed by atoms with Gasteiger partial charge in [0.05, 0.1) is 12.3 Å². The van der Waals surface area contributed by atoms with E-state index in [4.69, 9.17) is 4.74 Å². The van der Waals surface area contributed by atoms with Crippen LogP contribution in [0.25, 0.3) is 0 Å². The van der Waals surface area contributed by atoms with Crippen molar-refractivity contribution < 1.29 is 23.4 Å². The van der Waals surface area contributed by atoms with E-state index in [1.165, 1.54) is 31.2 Å². The second kappa shape index (κ2) is 8.35. The minimum atomic E-state index is -2.49. The van der Waals surface area contributed by atoms with Crippen molar-refractivity contribution in [1.82, 2.24) is 0 Å². The van der Waals surface area contributed by atoms with E-state index in [1.54, 1.807) is 6.92 Å². The Hall–Kier alpha value is -1.96. The van der Waals surface area contributed by atoms with Gasteiger partial charge in [-0.15, -0.1) is 5.11 Å². The van der Waals surface area contributed by atoms with Crippen molar-refractivity contribution in [1.29, 1.82) is 0 Å². The number of rotatable bonds is 6. The van der Waals surface area contributed by atoms with Gasteiger partial charge < -0.3 is 9.84 Å². The summed E-state index contributed by atoms with van der Waals surface area (Å²) in [7, 11) is 0. The van der Waals surface area contributed by atoms with Gasteiger partial charge in [0, 0.05) is 4.90 Å². The molecule has 1 aromatic carbocycles. The first-order valence-electron chi connectivity index (χ1n) is 5.97. The third kappa shape index (κ3) is 5.90. The van der Waals surface area contributed by atoms with Gasteiger partial charge >= 0.3 is 5.97 Å². The molecule has 0 spiro atoms. The highest BCUT2D eigenvalue weighted by molar-refractivity contribution is 7.99. The fraction of sp³-hybridized carbons (Fsp3) is 0.308. The van der Waals surface area contributed by atoms with E-state index < -0.39 is 11.7 Å². The third-order valence-electron chi connectivity index (χ3n) is 2.14. The number of carbonyl (C=O) groups excluding carboxylic acids is 1. The zero-order valence-electron chi connectivity index (χ0n) is 11.4. The Morgan fingerprint density at radius 2 is 2.00 bits per heavy atom. The molecule has 0 heterocycles. The molecule has 5 nitrogen and oxygen atoms in total. The van der Waals surface area contributed by atoms with Crippen LogP contribution in [0.1, 0.15) is 13.8 Å². The summed E-state index contributed by atoms with van der Waals surface area (Å²) >= 11 is 0.419. The van der Waals surface area contributed by atoms with Crippen LogP contribution in [0.2, 0.25) is 0 Å². The molecule has 0 saturated carbocycles. The summed E-state index contributed by atoms with van der Waals surface area (Å²) in [5.41, 5.74) is 0.0551. The SMILES string of the molecule is CCOC(=O)C(N=Nc1ccc(SC(F)F)cc1)=C(C)O. The molecule has 0 bridgehead atoms. The Morgan fingerprint density at radius 3 is 2.48 bits per heavy atom. The van der Waals surface area contributed by atoms with E-state index >= 15 is 0 Å². The monoisotopic (exact) mass is 316 g/mol. The van der Waals surface area contributed by atoms with Crippen LogP contribution < -0.4 is 0 Å². The predicted octanol–water partition coefficient (Wildman–Crippen LogP) is 4.44. The number of ether oxygens (including phenoxy) is 1. The van der Waals surface area contributed by atoms with Crippen LogP contribution in [0.3, 0.4) is 0 Å². The molecule has 0 aromatic heterocycles. The maximum absolute atomic E-state index is 12.2. The summed E-state index contributed by atoms with van der Waals surface area (Å²) < 4.78 is 29.0. The topological polar surface area (TPSA) is 71.2 Å². The second-order valence-electron chi connectivity index (χ2n) is 3.73. The highest BCUT2D eigenvalue weighted by atomic mass is 32.2. The molecule has 8 heteroatoms. The Labute approximate surface area is 124 Å². The van der Waals surface area contributed by atoms with Crippen molar-refractivity contribution >= 4 is 23.4 Å². The highest BCUT2D eigenvalue weighted by Crippen LogP contribution is 2.27. The van der Waals surface area contributed by atoms with E-state index in [1.807, 2.05) is 0 Å². The van der Waals surface area contributed by atoms with Crippen LogP contribution in [-0.4, -0.2) is 23.4 Å². The average Bonchev–Trinajstić information content (AvgIpc) is 2.40. The number of aliphatic hydroxyl groups is 1. The minimum absolute atomic E-state index is 0.144. The summed E-state index contributed by atoms with van der Waals surface area (Å²) in [6, 6.07) is 5.88. The Balaban J connectivity index is 2.83. The smallest absolute Gasteiger partial charge is 0.362 e. The van der Waals surface area contributed by atoms with E-state index in [0.29, 0.717) is 22.3 Å². The minimum Gasteiger partial charge on any atom is -0.510 e. The number of hydrogen-bond donors (Lipinski definition) is 1. The van der Waals surface area contributed by atoms with Gasteiger partial charge in [0.25, 0.3) is 5.76 Å². The van der Waals surface area contributed by atoms with Gasteiger partial charge in [-0.2, -0.15) is 13.9 Å². The zero-order valence-corrected chi connectivity index (χ0v) is 12.2. The number of nitrogens with zero attached hydrogens (tertiary/aromatic N) is 2. The summed E-state index contributed by atoms with van der Waals surface area (Å²) in [4.78, 5) is 11.9. The number of aliphatic hydroxyl groups excluding tert-OH is 1. The second-order valence-corrected chi connectivity index (χ2v) is 4.79. The fourth-order valence-corrected chi connectivity index (χ4v) is 1.76. The molecule has 0 aliphatic carbocycles. The Morgan fingerprint density at radius 1 is 1.38 bits per heavy atom. The van der Waals surface area contributed by atoms with Gasteiger partial charge in [0.15, 0.2) is 0 Å². The lowest BCUT2D eigenvalue weighted by Crippen LogP contribution is -2.07. The molecule has 0 saturated heterocycles. The molecule has 1 rings (SSSR count). The summed E-state index contributed by atoms with van der Waals surface area (Å²) in [5.74, 6) is -3.60. The largest absolute Gasteiger partial charge is 0.510 e. The summed E-state index contributed by atoms with van der Waals surface area (Å²) in [5, 5.41) is 16.8. The van der Waals surface area contributed by atoms with E-state index in [0.717, 1.165) is 0 Å². The molecule has 0 aliphatic heterocycles. The number of allylic oxidation sites excluding steroid dienone is 1. The number of halogens is 2. The Bertz CT molecular complexity index is 541. The molecule has 1 aromatic rings. The molecule has 0 atom stereocenters. The van der Waals surface area contributed by atoms with Crippen molar-refractivity contribution in [3.8, 4) is 0 Å². The number of benzene rings is 1. The Kier molecular flexibility index (Phi) is 6.80. The maximum atomic E-state index is 12.2. The predicted molar refractivity (Wildman–Crippen MR) is 74.8 cm³/mol. The molecule has 21 heavy (non-hydrogen) atoms. The van der Waals surface area contributed by atoms with Crippen molar-refractivity contribution in [2.45, 2.75) is 24.5 Å². The van der Waals surface area contributed by atoms with Gasteiger partial charge in [0.1, 0.15) is 5.76 Å². The van der Waals surface area contributed by atoms with Crippen LogP contribution in [0.5, 0.6) is 0 Å². The van der Waals surface area contributed by atoms with Gasteiger partial charge in [-0.1, -0.05) is 11.8 Å². The number of azo groups is 1. The van der Waals surface area contributed by atoms with E-state index in [-0.39, 0.29) is 18.1 Å². The number of thioether (sulfide) groups is 1. The molecule has 0 amide bonds. The maximum Gasteiger partial charge on any atom is 0.362 e. The molecule has 1 N–H and O–H groups in total. The number of alkyl halides is 2. The lowest BCUT2D eigenvalue weighted by atomic mass is 10.3. The van der Waals surface area contributed by atoms with Crippen LogP contribution in [0.4, 0.5) is 14.5 Å². The molecular weight excluding hydrogens is 302 g/mol. The van der Waals surface area contributed by atoms with Crippen molar-refractivity contribution in [2.75, 3.05) is 6.61 Å². The first kappa shape index (κ1) is 17.1. The van der Waals surface area contributed by atoms with Crippen LogP contribution in [0.15, 0.2) is 50.8 Å². The van der Waals surface area contributed by atoms with Crippen LogP contribution >= 0.6 is 11.8 Å². The van der Waals surface area contributed by atoms with Gasteiger partial charge in [-0.3, -0.25) is 0 Å². The van der Waals surface area contributed by atoms with E-state index in [2.05, 4.69) is 10.2 Å². The summed E-state index contributed by atoms with van der Waals surface area (Å²) in [6.45, 7) is 3.05. The lowest BCUT2D eigenvalue weighted by molar-refractivity contribution is -0.138. The van der Waals surface area contributed by atoms with Gasteiger partial charge in [0.2, 0.25) is 5.70 Å². The van der Waals surface area contributed by atoms with Crippen molar-refractivity contribution in [3.63, 3.8) is 0 Å². The summed E-state index contributed by atoms with van der Waals surface area (Å²) in [6.07, 6.45) is 0. The fourth-order valence-electron chi connectivity index (χ4n) is 1.26. The van der Waals surface area contributed by atoms with Gasteiger partial charge in [-0.05, 0) is 38.1 Å². The number of hydrogen-bond acceptors (Lipinski definition) is 6. The number of carbonyl (C=O) groups is 1. The standard InChI is InChI=1S/C13H14F2N2O3S/c1-3-20-12(19)11(8(2)18)17-16-9-4-6-10(7-5-9)21-13(14)15/h4-7,13,18H,3H2,1-2H3. The van der Waals surface area contributed by atoms with Crippen molar-refractivity contribution in [3.05, 3.63) is 35.7 Å². The molecule has 0 radical (unpaired) electrons. The molecule has 0 fully saturated rings.